The van der Waals surface area contributed by atoms with Crippen LogP contribution < -0.4 is 14.7 Å². The number of non-ortho nitro benzene ring substituents is 1. The van der Waals surface area contributed by atoms with Crippen molar-refractivity contribution in [1.82, 2.24) is 0 Å². The molecular formula is C16H29N5O4+2. The molecule has 25 heavy (non-hydrogen) atoms. The molecule has 9 heteroatoms. The summed E-state index contributed by atoms with van der Waals surface area (Å²) < 4.78 is 0. The van der Waals surface area contributed by atoms with E-state index in [-0.39, 0.29) is 11.4 Å². The van der Waals surface area contributed by atoms with E-state index in [1.807, 2.05) is 4.90 Å². The van der Waals surface area contributed by atoms with Gasteiger partial charge in [-0.05, 0) is 6.07 Å². The van der Waals surface area contributed by atoms with Gasteiger partial charge >= 0.3 is 0 Å². The number of hydrogen-bond donors (Lipinski definition) is 2. The molecule has 0 heterocycles. The lowest BCUT2D eigenvalue weighted by Crippen LogP contribution is -3.05. The van der Waals surface area contributed by atoms with Crippen molar-refractivity contribution in [3.63, 3.8) is 0 Å². The molecule has 1 rings (SSSR count). The van der Waals surface area contributed by atoms with Gasteiger partial charge in [0.2, 0.25) is 0 Å². The van der Waals surface area contributed by atoms with Gasteiger partial charge in [0.1, 0.15) is 5.69 Å². The summed E-state index contributed by atoms with van der Waals surface area (Å²) in [6.45, 7) is 3.28. The van der Waals surface area contributed by atoms with E-state index in [9.17, 15) is 20.2 Å². The van der Waals surface area contributed by atoms with Gasteiger partial charge in [0.05, 0.1) is 57.2 Å². The molecule has 0 bridgehead atoms. The SMILES string of the molecule is C[NH+](C)CCCN(CCC[NH+](C)C)c1ccc([N+](=O)[O-])cc1[N+](=O)[O-]. The summed E-state index contributed by atoms with van der Waals surface area (Å²) >= 11 is 0. The molecule has 0 aliphatic rings. The van der Waals surface area contributed by atoms with Gasteiger partial charge in [0, 0.05) is 32.0 Å². The Morgan fingerprint density at radius 2 is 1.44 bits per heavy atom. The fraction of sp³-hybridized carbons (Fsp3) is 0.625. The Balaban J connectivity index is 3.04. The summed E-state index contributed by atoms with van der Waals surface area (Å²) in [4.78, 5) is 25.8. The van der Waals surface area contributed by atoms with Crippen LogP contribution in [0.3, 0.4) is 0 Å². The molecule has 0 aliphatic heterocycles. The van der Waals surface area contributed by atoms with Gasteiger partial charge in [0.15, 0.2) is 0 Å². The molecule has 0 unspecified atom stereocenters. The second kappa shape index (κ2) is 9.90. The van der Waals surface area contributed by atoms with Crippen LogP contribution in [-0.2, 0) is 0 Å². The Bertz CT molecular complexity index is 578. The molecule has 0 radical (unpaired) electrons. The van der Waals surface area contributed by atoms with Crippen LogP contribution >= 0.6 is 0 Å². The molecule has 0 spiro atoms. The maximum absolute atomic E-state index is 11.4. The molecule has 0 saturated carbocycles. The van der Waals surface area contributed by atoms with Crippen molar-refractivity contribution in [2.45, 2.75) is 12.8 Å². The van der Waals surface area contributed by atoms with E-state index >= 15 is 0 Å². The van der Waals surface area contributed by atoms with E-state index < -0.39 is 9.85 Å². The lowest BCUT2D eigenvalue weighted by molar-refractivity contribution is -0.858. The monoisotopic (exact) mass is 355 g/mol. The third kappa shape index (κ3) is 7.02. The van der Waals surface area contributed by atoms with Gasteiger partial charge in [0.25, 0.3) is 11.4 Å². The average Bonchev–Trinajstić information content (AvgIpc) is 2.52. The second-order valence-electron chi connectivity index (χ2n) is 6.80. The number of nitro groups is 2. The Hall–Kier alpha value is -2.26. The Kier molecular flexibility index (Phi) is 8.23. The van der Waals surface area contributed by atoms with E-state index in [0.717, 1.165) is 32.0 Å². The summed E-state index contributed by atoms with van der Waals surface area (Å²) in [5, 5.41) is 22.3. The Morgan fingerprint density at radius 1 is 0.920 bits per heavy atom. The van der Waals surface area contributed by atoms with Crippen molar-refractivity contribution in [2.24, 2.45) is 0 Å². The molecule has 0 atom stereocenters. The summed E-state index contributed by atoms with van der Waals surface area (Å²) in [5.41, 5.74) is -0.00687. The third-order valence-electron chi connectivity index (χ3n) is 3.92. The minimum Gasteiger partial charge on any atom is -0.366 e. The van der Waals surface area contributed by atoms with Crippen molar-refractivity contribution in [3.05, 3.63) is 38.4 Å². The lowest BCUT2D eigenvalue weighted by Gasteiger charge is -2.25. The standard InChI is InChI=1S/C16H27N5O4/c1-17(2)9-5-11-19(12-6-10-18(3)4)15-8-7-14(20(22)23)13-16(15)21(24)25/h7-8,13H,5-6,9-12H2,1-4H3/p+2. The second-order valence-corrected chi connectivity index (χ2v) is 6.80. The van der Waals surface area contributed by atoms with Crippen LogP contribution in [0.5, 0.6) is 0 Å². The molecule has 1 aromatic rings. The first-order chi connectivity index (χ1) is 11.7. The highest BCUT2D eigenvalue weighted by atomic mass is 16.6. The Morgan fingerprint density at radius 3 is 1.84 bits per heavy atom. The average molecular weight is 355 g/mol. The quantitative estimate of drug-likeness (QED) is 0.407. The normalized spacial score (nSPS) is 11.1. The summed E-state index contributed by atoms with van der Waals surface area (Å²) in [7, 11) is 8.25. The number of nitrogens with zero attached hydrogens (tertiary/aromatic N) is 3. The number of nitro benzene ring substituents is 2. The Labute approximate surface area is 148 Å². The number of nitrogens with one attached hydrogen (secondary N) is 2. The van der Waals surface area contributed by atoms with Gasteiger partial charge in [-0.15, -0.1) is 0 Å². The van der Waals surface area contributed by atoms with E-state index in [1.54, 1.807) is 0 Å². The molecule has 0 aromatic heterocycles. The van der Waals surface area contributed by atoms with Crippen LogP contribution in [0.15, 0.2) is 18.2 Å². The number of quaternary nitrogens is 2. The van der Waals surface area contributed by atoms with Gasteiger partial charge in [-0.1, -0.05) is 0 Å². The summed E-state index contributed by atoms with van der Waals surface area (Å²) in [6, 6.07) is 3.89. The van der Waals surface area contributed by atoms with Crippen molar-refractivity contribution in [1.29, 1.82) is 0 Å². The maximum atomic E-state index is 11.4. The largest absolute Gasteiger partial charge is 0.366 e. The minimum absolute atomic E-state index is 0.205. The van der Waals surface area contributed by atoms with E-state index in [2.05, 4.69) is 28.2 Å². The van der Waals surface area contributed by atoms with Crippen molar-refractivity contribution in [3.8, 4) is 0 Å². The lowest BCUT2D eigenvalue weighted by atomic mass is 10.2. The molecular weight excluding hydrogens is 326 g/mol. The highest BCUT2D eigenvalue weighted by molar-refractivity contribution is 5.66. The van der Waals surface area contributed by atoms with E-state index in [0.29, 0.717) is 18.8 Å². The predicted octanol–water partition coefficient (Wildman–Crippen LogP) is -0.621. The number of benzene rings is 1. The van der Waals surface area contributed by atoms with Crippen LogP contribution in [0.2, 0.25) is 0 Å². The number of anilines is 1. The number of rotatable bonds is 11. The summed E-state index contributed by atoms with van der Waals surface area (Å²) in [6.07, 6.45) is 1.79. The van der Waals surface area contributed by atoms with E-state index in [1.165, 1.54) is 21.9 Å². The van der Waals surface area contributed by atoms with Crippen molar-refractivity contribution in [2.75, 3.05) is 59.3 Å². The van der Waals surface area contributed by atoms with Gasteiger partial charge < -0.3 is 14.7 Å². The molecule has 0 fully saturated rings. The van der Waals surface area contributed by atoms with Gasteiger partial charge in [-0.2, -0.15) is 0 Å². The molecule has 140 valence electrons. The van der Waals surface area contributed by atoms with Gasteiger partial charge in [-0.3, -0.25) is 20.2 Å². The van der Waals surface area contributed by atoms with Crippen LogP contribution in [0, 0.1) is 20.2 Å². The van der Waals surface area contributed by atoms with Crippen LogP contribution in [0.25, 0.3) is 0 Å². The molecule has 0 amide bonds. The van der Waals surface area contributed by atoms with Crippen molar-refractivity contribution >= 4 is 17.1 Å². The molecule has 0 aliphatic carbocycles. The fourth-order valence-electron chi connectivity index (χ4n) is 2.64. The highest BCUT2D eigenvalue weighted by Crippen LogP contribution is 2.32. The first-order valence-corrected chi connectivity index (χ1v) is 8.48. The van der Waals surface area contributed by atoms with E-state index in [4.69, 9.17) is 0 Å². The van der Waals surface area contributed by atoms with Crippen LogP contribution in [0.4, 0.5) is 17.1 Å². The first kappa shape index (κ1) is 20.8. The zero-order chi connectivity index (χ0) is 19.0. The zero-order valence-corrected chi connectivity index (χ0v) is 15.4. The first-order valence-electron chi connectivity index (χ1n) is 8.48. The smallest absolute Gasteiger partial charge is 0.299 e. The van der Waals surface area contributed by atoms with Crippen LogP contribution in [0.1, 0.15) is 12.8 Å². The maximum Gasteiger partial charge on any atom is 0.299 e. The van der Waals surface area contributed by atoms with Crippen LogP contribution in [-0.4, -0.2) is 64.2 Å². The molecule has 1 aromatic carbocycles. The number of hydrogen-bond acceptors (Lipinski definition) is 5. The highest BCUT2D eigenvalue weighted by Gasteiger charge is 2.23. The summed E-state index contributed by atoms with van der Waals surface area (Å²) in [5.74, 6) is 0. The van der Waals surface area contributed by atoms with Crippen molar-refractivity contribution < 1.29 is 19.6 Å². The minimum atomic E-state index is -0.605. The molecule has 9 nitrogen and oxygen atoms in total. The third-order valence-corrected chi connectivity index (χ3v) is 3.92. The fourth-order valence-corrected chi connectivity index (χ4v) is 2.64. The molecule has 2 N–H and O–H groups in total. The predicted molar refractivity (Wildman–Crippen MR) is 96.6 cm³/mol. The molecule has 0 saturated heterocycles. The van der Waals surface area contributed by atoms with Gasteiger partial charge in [-0.25, -0.2) is 0 Å². The topological polar surface area (TPSA) is 98.4 Å². The zero-order valence-electron chi connectivity index (χ0n) is 15.4.